The van der Waals surface area contributed by atoms with Gasteiger partial charge in [0, 0.05) is 18.7 Å². The number of carboxylic acid groups (broad SMARTS) is 1. The van der Waals surface area contributed by atoms with Crippen LogP contribution in [0.25, 0.3) is 11.1 Å². The zero-order chi connectivity index (χ0) is 22.7. The zero-order valence-corrected chi connectivity index (χ0v) is 18.2. The van der Waals surface area contributed by atoms with Gasteiger partial charge in [-0.1, -0.05) is 30.3 Å². The Morgan fingerprint density at radius 2 is 1.77 bits per heavy atom. The Bertz CT molecular complexity index is 984. The lowest BCUT2D eigenvalue weighted by Gasteiger charge is -2.39. The molecule has 2 atom stereocenters. The summed E-state index contributed by atoms with van der Waals surface area (Å²) in [6.45, 7) is 7.08. The third-order valence-electron chi connectivity index (χ3n) is 5.30. The summed E-state index contributed by atoms with van der Waals surface area (Å²) in [6, 6.07) is 12.8. The Labute approximate surface area is 182 Å². The van der Waals surface area contributed by atoms with Gasteiger partial charge in [-0.2, -0.15) is 0 Å². The second kappa shape index (κ2) is 9.20. The molecule has 31 heavy (non-hydrogen) atoms. The fourth-order valence-corrected chi connectivity index (χ4v) is 4.04. The van der Waals surface area contributed by atoms with Crippen molar-refractivity contribution in [1.82, 2.24) is 5.32 Å². The predicted octanol–water partition coefficient (Wildman–Crippen LogP) is 4.30. The van der Waals surface area contributed by atoms with Crippen molar-refractivity contribution in [3.63, 3.8) is 0 Å². The molecule has 2 amide bonds. The lowest BCUT2D eigenvalue weighted by molar-refractivity contribution is -0.136. The maximum absolute atomic E-state index is 12.3. The van der Waals surface area contributed by atoms with E-state index >= 15 is 0 Å². The van der Waals surface area contributed by atoms with Gasteiger partial charge in [0.1, 0.15) is 0 Å². The predicted molar refractivity (Wildman–Crippen MR) is 118 cm³/mol. The summed E-state index contributed by atoms with van der Waals surface area (Å²) in [5, 5.41) is 11.9. The van der Waals surface area contributed by atoms with Crippen LogP contribution in [0, 0.1) is 0 Å². The van der Waals surface area contributed by atoms with E-state index < -0.39 is 12.1 Å². The van der Waals surface area contributed by atoms with E-state index in [2.05, 4.69) is 5.32 Å². The minimum absolute atomic E-state index is 0.0279. The van der Waals surface area contributed by atoms with Crippen molar-refractivity contribution in [3.05, 3.63) is 53.6 Å². The highest BCUT2D eigenvalue weighted by Gasteiger charge is 2.33. The molecule has 1 heterocycles. The standard InChI is InChI=1S/C24H28N2O5/c1-14(2)31-24(30)25-21-11-15(3)26(16(4)27)22-10-9-19(13-20(21)22)18-7-5-17(6-8-18)12-23(28)29/h5-10,13-15,21H,11-12H2,1-4H3,(H,25,30)(H,28,29). The molecule has 2 unspecified atom stereocenters. The summed E-state index contributed by atoms with van der Waals surface area (Å²) in [5.41, 5.74) is 4.19. The number of carbonyl (C=O) groups is 3. The van der Waals surface area contributed by atoms with E-state index in [0.717, 1.165) is 27.9 Å². The van der Waals surface area contributed by atoms with Crippen LogP contribution in [0.5, 0.6) is 0 Å². The van der Waals surface area contributed by atoms with Gasteiger partial charge in [-0.3, -0.25) is 9.59 Å². The average Bonchev–Trinajstić information content (AvgIpc) is 2.67. The van der Waals surface area contributed by atoms with Crippen molar-refractivity contribution in [2.45, 2.75) is 58.7 Å². The fourth-order valence-electron chi connectivity index (χ4n) is 4.04. The number of carbonyl (C=O) groups excluding carboxylic acids is 2. The quantitative estimate of drug-likeness (QED) is 0.746. The summed E-state index contributed by atoms with van der Waals surface area (Å²) in [6.07, 6.45) is -0.177. The van der Waals surface area contributed by atoms with Gasteiger partial charge >= 0.3 is 12.1 Å². The van der Waals surface area contributed by atoms with Crippen LogP contribution in [0.3, 0.4) is 0 Å². The van der Waals surface area contributed by atoms with E-state index in [1.54, 1.807) is 30.9 Å². The molecule has 7 nitrogen and oxygen atoms in total. The Morgan fingerprint density at radius 1 is 1.13 bits per heavy atom. The van der Waals surface area contributed by atoms with Crippen LogP contribution in [0.1, 0.15) is 51.3 Å². The lowest BCUT2D eigenvalue weighted by Crippen LogP contribution is -2.45. The summed E-state index contributed by atoms with van der Waals surface area (Å²) in [4.78, 5) is 37.2. The molecule has 1 aliphatic rings. The smallest absolute Gasteiger partial charge is 0.407 e. The van der Waals surface area contributed by atoms with Crippen LogP contribution in [-0.2, 0) is 20.7 Å². The minimum atomic E-state index is -0.873. The molecule has 0 aliphatic carbocycles. The molecule has 0 spiro atoms. The van der Waals surface area contributed by atoms with Gasteiger partial charge in [-0.25, -0.2) is 4.79 Å². The molecule has 0 radical (unpaired) electrons. The van der Waals surface area contributed by atoms with E-state index in [4.69, 9.17) is 9.84 Å². The molecular formula is C24H28N2O5. The Morgan fingerprint density at radius 3 is 2.35 bits per heavy atom. The van der Waals surface area contributed by atoms with Crippen molar-refractivity contribution < 1.29 is 24.2 Å². The van der Waals surface area contributed by atoms with Gasteiger partial charge in [0.05, 0.1) is 18.6 Å². The molecule has 164 valence electrons. The molecule has 2 aromatic rings. The Kier molecular flexibility index (Phi) is 6.63. The molecule has 0 saturated carbocycles. The molecule has 0 saturated heterocycles. The molecule has 7 heteroatoms. The fraction of sp³-hybridized carbons (Fsp3) is 0.375. The molecule has 2 aromatic carbocycles. The number of carboxylic acids is 1. The van der Waals surface area contributed by atoms with Crippen LogP contribution in [-0.4, -0.2) is 35.2 Å². The largest absolute Gasteiger partial charge is 0.481 e. The summed E-state index contributed by atoms with van der Waals surface area (Å²) >= 11 is 0. The molecule has 3 rings (SSSR count). The number of alkyl carbamates (subject to hydrolysis) is 1. The number of rotatable bonds is 5. The van der Waals surface area contributed by atoms with Gasteiger partial charge in [0.15, 0.2) is 0 Å². The molecular weight excluding hydrogens is 396 g/mol. The first-order valence-electron chi connectivity index (χ1n) is 10.4. The van der Waals surface area contributed by atoms with E-state index in [0.29, 0.717) is 6.42 Å². The topological polar surface area (TPSA) is 95.9 Å². The molecule has 2 N–H and O–H groups in total. The maximum atomic E-state index is 12.3. The number of amides is 2. The third kappa shape index (κ3) is 5.23. The first-order chi connectivity index (χ1) is 14.7. The summed E-state index contributed by atoms with van der Waals surface area (Å²) in [7, 11) is 0. The highest BCUT2D eigenvalue weighted by atomic mass is 16.6. The van der Waals surface area contributed by atoms with Crippen LogP contribution in [0.2, 0.25) is 0 Å². The van der Waals surface area contributed by atoms with E-state index in [-0.39, 0.29) is 30.5 Å². The Balaban J connectivity index is 1.97. The number of fused-ring (bicyclic) bond motifs is 1. The molecule has 0 fully saturated rings. The number of nitrogens with zero attached hydrogens (tertiary/aromatic N) is 1. The van der Waals surface area contributed by atoms with Crippen molar-refractivity contribution in [1.29, 1.82) is 0 Å². The molecule has 0 aromatic heterocycles. The SMILES string of the molecule is CC(=O)N1c2ccc(-c3ccc(CC(=O)O)cc3)cc2C(NC(=O)OC(C)C)CC1C. The number of nitrogens with one attached hydrogen (secondary N) is 1. The number of aliphatic carboxylic acids is 1. The summed E-state index contributed by atoms with van der Waals surface area (Å²) in [5.74, 6) is -0.926. The van der Waals surface area contributed by atoms with E-state index in [1.807, 2.05) is 37.3 Å². The first-order valence-corrected chi connectivity index (χ1v) is 10.4. The van der Waals surface area contributed by atoms with Gasteiger partial charge in [0.25, 0.3) is 0 Å². The van der Waals surface area contributed by atoms with E-state index in [1.165, 1.54) is 6.92 Å². The first kappa shape index (κ1) is 22.3. The van der Waals surface area contributed by atoms with Crippen LogP contribution in [0.15, 0.2) is 42.5 Å². The second-order valence-electron chi connectivity index (χ2n) is 8.17. The zero-order valence-electron chi connectivity index (χ0n) is 18.2. The van der Waals surface area contributed by atoms with Gasteiger partial charge in [-0.15, -0.1) is 0 Å². The van der Waals surface area contributed by atoms with Crippen molar-refractivity contribution in [3.8, 4) is 11.1 Å². The number of benzene rings is 2. The van der Waals surface area contributed by atoms with Crippen LogP contribution in [0.4, 0.5) is 10.5 Å². The average molecular weight is 424 g/mol. The second-order valence-corrected chi connectivity index (χ2v) is 8.17. The summed E-state index contributed by atoms with van der Waals surface area (Å²) < 4.78 is 5.26. The monoisotopic (exact) mass is 424 g/mol. The minimum Gasteiger partial charge on any atom is -0.481 e. The van der Waals surface area contributed by atoms with Crippen molar-refractivity contribution in [2.24, 2.45) is 0 Å². The van der Waals surface area contributed by atoms with Gasteiger partial charge in [-0.05, 0) is 61.6 Å². The van der Waals surface area contributed by atoms with Crippen molar-refractivity contribution >= 4 is 23.7 Å². The molecule has 1 aliphatic heterocycles. The van der Waals surface area contributed by atoms with Crippen molar-refractivity contribution in [2.75, 3.05) is 4.90 Å². The van der Waals surface area contributed by atoms with Gasteiger partial charge in [0.2, 0.25) is 5.91 Å². The van der Waals surface area contributed by atoms with E-state index in [9.17, 15) is 14.4 Å². The Hall–Kier alpha value is -3.35. The number of anilines is 1. The number of hydrogen-bond acceptors (Lipinski definition) is 4. The lowest BCUT2D eigenvalue weighted by atomic mass is 9.89. The highest BCUT2D eigenvalue weighted by molar-refractivity contribution is 5.94. The van der Waals surface area contributed by atoms with Crippen LogP contribution >= 0.6 is 0 Å². The maximum Gasteiger partial charge on any atom is 0.407 e. The van der Waals surface area contributed by atoms with Gasteiger partial charge < -0.3 is 20.1 Å². The normalized spacial score (nSPS) is 17.8. The van der Waals surface area contributed by atoms with Crippen LogP contribution < -0.4 is 10.2 Å². The third-order valence-corrected chi connectivity index (χ3v) is 5.30. The number of ether oxygens (including phenoxy) is 1. The highest BCUT2D eigenvalue weighted by Crippen LogP contribution is 2.39. The molecule has 0 bridgehead atoms. The number of hydrogen-bond donors (Lipinski definition) is 2.